The van der Waals surface area contributed by atoms with E-state index in [1.165, 1.54) is 23.5 Å². The fourth-order valence-corrected chi connectivity index (χ4v) is 4.31. The van der Waals surface area contributed by atoms with Crippen molar-refractivity contribution in [3.05, 3.63) is 33.6 Å². The van der Waals surface area contributed by atoms with Crippen LogP contribution in [0.3, 0.4) is 0 Å². The van der Waals surface area contributed by atoms with Crippen molar-refractivity contribution >= 4 is 41.3 Å². The summed E-state index contributed by atoms with van der Waals surface area (Å²) in [5.41, 5.74) is 2.21. The summed E-state index contributed by atoms with van der Waals surface area (Å²) in [5.74, 6) is 2.69. The van der Waals surface area contributed by atoms with Crippen molar-refractivity contribution in [2.24, 2.45) is 10.9 Å². The Morgan fingerprint density at radius 3 is 2.68 bits per heavy atom. The van der Waals surface area contributed by atoms with E-state index in [4.69, 9.17) is 9.51 Å². The van der Waals surface area contributed by atoms with Crippen molar-refractivity contribution in [1.82, 2.24) is 25.7 Å². The molecule has 0 aliphatic carbocycles. The Labute approximate surface area is 207 Å². The molecule has 0 radical (unpaired) electrons. The van der Waals surface area contributed by atoms with Crippen LogP contribution in [0.2, 0.25) is 0 Å². The number of rotatable bonds is 9. The van der Waals surface area contributed by atoms with E-state index in [2.05, 4.69) is 58.8 Å². The van der Waals surface area contributed by atoms with Crippen LogP contribution in [0, 0.1) is 5.92 Å². The van der Waals surface area contributed by atoms with Gasteiger partial charge in [0.05, 0.1) is 16.4 Å². The van der Waals surface area contributed by atoms with E-state index in [1.807, 2.05) is 6.07 Å². The van der Waals surface area contributed by atoms with Gasteiger partial charge in [-0.05, 0) is 51.1 Å². The molecule has 31 heavy (non-hydrogen) atoms. The van der Waals surface area contributed by atoms with Crippen LogP contribution in [0.1, 0.15) is 68.6 Å². The number of nitrogens with one attached hydrogen (secondary N) is 2. The number of nitrogens with zero attached hydrogens (tertiary/aromatic N) is 4. The van der Waals surface area contributed by atoms with Gasteiger partial charge in [0, 0.05) is 31.1 Å². The summed E-state index contributed by atoms with van der Waals surface area (Å²) in [5, 5.41) is 14.4. The first kappa shape index (κ1) is 26.1. The van der Waals surface area contributed by atoms with Gasteiger partial charge in [0.1, 0.15) is 6.54 Å². The Hall–Kier alpha value is -1.20. The maximum atomic E-state index is 5.40. The second kappa shape index (κ2) is 13.4. The van der Waals surface area contributed by atoms with Crippen molar-refractivity contribution in [2.75, 3.05) is 26.2 Å². The minimum atomic E-state index is 0. The highest BCUT2D eigenvalue weighted by molar-refractivity contribution is 14.0. The van der Waals surface area contributed by atoms with E-state index >= 15 is 0 Å². The lowest BCUT2D eigenvalue weighted by atomic mass is 9.97. The molecule has 1 saturated heterocycles. The first-order valence-electron chi connectivity index (χ1n) is 11.2. The average Bonchev–Trinajstić information content (AvgIpc) is 3.40. The highest BCUT2D eigenvalue weighted by Gasteiger charge is 2.20. The summed E-state index contributed by atoms with van der Waals surface area (Å²) in [7, 11) is 0. The Morgan fingerprint density at radius 2 is 2.06 bits per heavy atom. The molecular weight excluding hydrogens is 523 g/mol. The van der Waals surface area contributed by atoms with Crippen LogP contribution < -0.4 is 10.6 Å². The average molecular weight is 561 g/mol. The third-order valence-corrected chi connectivity index (χ3v) is 6.50. The van der Waals surface area contributed by atoms with Gasteiger partial charge in [-0.3, -0.25) is 4.90 Å². The molecule has 0 amide bonds. The van der Waals surface area contributed by atoms with Crippen LogP contribution >= 0.6 is 35.3 Å². The molecule has 0 aromatic carbocycles. The SMILES string of the molecule is CCNC(=NCc1cc(C(C)C)no1)NCC1CCN(Cc2csc(CC)n2)CC1.I. The van der Waals surface area contributed by atoms with Gasteiger partial charge in [-0.15, -0.1) is 35.3 Å². The molecule has 2 aromatic rings. The van der Waals surface area contributed by atoms with Gasteiger partial charge in [-0.25, -0.2) is 9.98 Å². The third kappa shape index (κ3) is 8.34. The lowest BCUT2D eigenvalue weighted by Crippen LogP contribution is -2.42. The van der Waals surface area contributed by atoms with Gasteiger partial charge < -0.3 is 15.2 Å². The Kier molecular flexibility index (Phi) is 11.2. The van der Waals surface area contributed by atoms with E-state index < -0.39 is 0 Å². The lowest BCUT2D eigenvalue weighted by Gasteiger charge is -2.31. The zero-order valence-electron chi connectivity index (χ0n) is 19.2. The zero-order chi connectivity index (χ0) is 21.3. The summed E-state index contributed by atoms with van der Waals surface area (Å²) in [6.45, 7) is 14.0. The molecule has 0 bridgehead atoms. The van der Waals surface area contributed by atoms with Gasteiger partial charge >= 0.3 is 0 Å². The zero-order valence-corrected chi connectivity index (χ0v) is 22.3. The van der Waals surface area contributed by atoms with Crippen LogP contribution in [0.5, 0.6) is 0 Å². The number of hydrogen-bond donors (Lipinski definition) is 2. The third-order valence-electron chi connectivity index (χ3n) is 5.46. The monoisotopic (exact) mass is 560 g/mol. The predicted octanol–water partition coefficient (Wildman–Crippen LogP) is 4.40. The summed E-state index contributed by atoms with van der Waals surface area (Å²) >= 11 is 1.78. The van der Waals surface area contributed by atoms with Crippen molar-refractivity contribution in [2.45, 2.75) is 66.0 Å². The van der Waals surface area contributed by atoms with Crippen molar-refractivity contribution in [3.8, 4) is 0 Å². The second-order valence-electron chi connectivity index (χ2n) is 8.25. The minimum Gasteiger partial charge on any atom is -0.359 e. The summed E-state index contributed by atoms with van der Waals surface area (Å²) in [6.07, 6.45) is 3.44. The van der Waals surface area contributed by atoms with Gasteiger partial charge in [0.15, 0.2) is 11.7 Å². The van der Waals surface area contributed by atoms with Gasteiger partial charge in [-0.2, -0.15) is 0 Å². The molecule has 3 rings (SSSR count). The highest BCUT2D eigenvalue weighted by atomic mass is 127. The molecule has 3 heterocycles. The van der Waals surface area contributed by atoms with Crippen molar-refractivity contribution in [3.63, 3.8) is 0 Å². The van der Waals surface area contributed by atoms with Crippen molar-refractivity contribution in [1.29, 1.82) is 0 Å². The quantitative estimate of drug-likeness (QED) is 0.269. The van der Waals surface area contributed by atoms with E-state index in [9.17, 15) is 0 Å². The first-order valence-corrected chi connectivity index (χ1v) is 12.1. The number of halogens is 1. The largest absolute Gasteiger partial charge is 0.359 e. The van der Waals surface area contributed by atoms with Gasteiger partial charge in [-0.1, -0.05) is 25.9 Å². The fourth-order valence-electron chi connectivity index (χ4n) is 3.58. The van der Waals surface area contributed by atoms with Gasteiger partial charge in [0.2, 0.25) is 0 Å². The Bertz CT molecular complexity index is 798. The molecule has 174 valence electrons. The van der Waals surface area contributed by atoms with Crippen LogP contribution in [0.15, 0.2) is 21.0 Å². The highest BCUT2D eigenvalue weighted by Crippen LogP contribution is 2.20. The molecule has 0 atom stereocenters. The molecular formula is C22H37IN6OS. The Balaban J connectivity index is 0.00000341. The van der Waals surface area contributed by atoms with E-state index in [-0.39, 0.29) is 24.0 Å². The minimum absolute atomic E-state index is 0. The number of aromatic nitrogens is 2. The van der Waals surface area contributed by atoms with E-state index in [0.717, 1.165) is 56.6 Å². The predicted molar refractivity (Wildman–Crippen MR) is 138 cm³/mol. The van der Waals surface area contributed by atoms with Gasteiger partial charge in [0.25, 0.3) is 0 Å². The summed E-state index contributed by atoms with van der Waals surface area (Å²) in [4.78, 5) is 11.9. The maximum Gasteiger partial charge on any atom is 0.191 e. The maximum absolute atomic E-state index is 5.40. The number of aryl methyl sites for hydroxylation is 1. The standard InChI is InChI=1S/C22H36N6OS.HI/c1-5-21-26-18(15-30-21)14-28-9-7-17(8-10-28)12-24-22(23-6-2)25-13-19-11-20(16(3)4)27-29-19;/h11,15-17H,5-10,12-14H2,1-4H3,(H2,23,24,25);1H. The smallest absolute Gasteiger partial charge is 0.191 e. The molecule has 0 unspecified atom stereocenters. The first-order chi connectivity index (χ1) is 14.6. The molecule has 7 nitrogen and oxygen atoms in total. The van der Waals surface area contributed by atoms with E-state index in [0.29, 0.717) is 18.4 Å². The number of aliphatic imine (C=N–C) groups is 1. The molecule has 1 aliphatic heterocycles. The van der Waals surface area contributed by atoms with Crippen LogP contribution in [-0.4, -0.2) is 47.2 Å². The molecule has 2 aromatic heterocycles. The van der Waals surface area contributed by atoms with E-state index in [1.54, 1.807) is 11.3 Å². The number of hydrogen-bond acceptors (Lipinski definition) is 6. The molecule has 0 spiro atoms. The normalized spacial score (nSPS) is 15.8. The van der Waals surface area contributed by atoms with Crippen LogP contribution in [-0.2, 0) is 19.5 Å². The molecule has 1 fully saturated rings. The number of piperidine rings is 1. The molecule has 9 heteroatoms. The number of thiazole rings is 1. The fraction of sp³-hybridized carbons (Fsp3) is 0.682. The summed E-state index contributed by atoms with van der Waals surface area (Å²) in [6, 6.07) is 2.00. The molecule has 2 N–H and O–H groups in total. The number of likely N-dealkylation sites (tertiary alicyclic amines) is 1. The molecule has 0 saturated carbocycles. The summed E-state index contributed by atoms with van der Waals surface area (Å²) < 4.78 is 5.40. The van der Waals surface area contributed by atoms with Crippen LogP contribution in [0.4, 0.5) is 0 Å². The number of guanidine groups is 1. The topological polar surface area (TPSA) is 78.6 Å². The van der Waals surface area contributed by atoms with Crippen LogP contribution in [0.25, 0.3) is 0 Å². The molecule has 1 aliphatic rings. The lowest BCUT2D eigenvalue weighted by molar-refractivity contribution is 0.176. The second-order valence-corrected chi connectivity index (χ2v) is 9.20. The van der Waals surface area contributed by atoms with Crippen molar-refractivity contribution < 1.29 is 4.52 Å². The Morgan fingerprint density at radius 1 is 1.29 bits per heavy atom.